The van der Waals surface area contributed by atoms with Crippen LogP contribution in [0.4, 0.5) is 0 Å². The highest BCUT2D eigenvalue weighted by Crippen LogP contribution is 2.33. The smallest absolute Gasteiger partial charge is 0.232 e. The first-order chi connectivity index (χ1) is 10.8. The number of rotatable bonds is 3. The van der Waals surface area contributed by atoms with Gasteiger partial charge < -0.3 is 10.2 Å². The van der Waals surface area contributed by atoms with Crippen molar-refractivity contribution in [1.29, 1.82) is 0 Å². The highest BCUT2D eigenvalue weighted by molar-refractivity contribution is 8.00. The lowest BCUT2D eigenvalue weighted by atomic mass is 10.1. The Morgan fingerprint density at radius 2 is 1.96 bits per heavy atom. The minimum absolute atomic E-state index is 0. The van der Waals surface area contributed by atoms with E-state index in [2.05, 4.69) is 5.32 Å². The molecule has 124 valence electrons. The van der Waals surface area contributed by atoms with E-state index < -0.39 is 0 Å². The molecule has 1 heterocycles. The number of hydrogen-bond acceptors (Lipinski definition) is 3. The van der Waals surface area contributed by atoms with Crippen LogP contribution in [0.5, 0.6) is 0 Å². The van der Waals surface area contributed by atoms with Gasteiger partial charge in [0.25, 0.3) is 0 Å². The summed E-state index contributed by atoms with van der Waals surface area (Å²) in [5.74, 6) is 0.669. The standard InChI is InChI=1S/C17H19ClN2OS.ClH/c18-14-6-1-4-13-5-2-7-15(17(13)14)22-12-16(21)20-10-3-8-19-9-11-20;/h1-2,4-7,19H,3,8-12H2;1H. The summed E-state index contributed by atoms with van der Waals surface area (Å²) in [5.41, 5.74) is 0. The normalized spacial score (nSPS) is 15.1. The van der Waals surface area contributed by atoms with Gasteiger partial charge in [-0.05, 0) is 30.5 Å². The fourth-order valence-electron chi connectivity index (χ4n) is 2.71. The number of fused-ring (bicyclic) bond motifs is 1. The molecule has 1 aliphatic rings. The second-order valence-electron chi connectivity index (χ2n) is 5.37. The van der Waals surface area contributed by atoms with Gasteiger partial charge in [-0.2, -0.15) is 0 Å². The summed E-state index contributed by atoms with van der Waals surface area (Å²) < 4.78 is 0. The first kappa shape index (κ1) is 18.4. The zero-order valence-corrected chi connectivity index (χ0v) is 15.1. The van der Waals surface area contributed by atoms with Crippen molar-refractivity contribution in [3.8, 4) is 0 Å². The van der Waals surface area contributed by atoms with Gasteiger partial charge in [-0.15, -0.1) is 24.2 Å². The van der Waals surface area contributed by atoms with Crippen LogP contribution < -0.4 is 5.32 Å². The molecule has 1 amide bonds. The molecule has 1 aliphatic heterocycles. The minimum atomic E-state index is 0. The zero-order chi connectivity index (χ0) is 15.4. The van der Waals surface area contributed by atoms with Crippen LogP contribution in [0.15, 0.2) is 41.3 Å². The number of hydrogen-bond donors (Lipinski definition) is 1. The summed E-state index contributed by atoms with van der Waals surface area (Å²) in [6.45, 7) is 3.53. The fourth-order valence-corrected chi connectivity index (χ4v) is 4.06. The Balaban J connectivity index is 0.00000192. The Kier molecular flexibility index (Phi) is 7.03. The van der Waals surface area contributed by atoms with Crippen LogP contribution in [0.25, 0.3) is 10.8 Å². The third-order valence-corrected chi connectivity index (χ3v) is 5.22. The maximum absolute atomic E-state index is 12.4. The summed E-state index contributed by atoms with van der Waals surface area (Å²) >= 11 is 7.91. The van der Waals surface area contributed by atoms with E-state index in [1.54, 1.807) is 11.8 Å². The second-order valence-corrected chi connectivity index (χ2v) is 6.79. The van der Waals surface area contributed by atoms with Gasteiger partial charge in [0.05, 0.1) is 5.75 Å². The van der Waals surface area contributed by atoms with Crippen LogP contribution in [0.3, 0.4) is 0 Å². The van der Waals surface area contributed by atoms with E-state index in [4.69, 9.17) is 11.6 Å². The molecule has 3 nitrogen and oxygen atoms in total. The molecule has 2 aromatic carbocycles. The number of carbonyl (C=O) groups is 1. The molecule has 1 saturated heterocycles. The van der Waals surface area contributed by atoms with Gasteiger partial charge in [0.1, 0.15) is 0 Å². The minimum Gasteiger partial charge on any atom is -0.341 e. The van der Waals surface area contributed by atoms with Crippen molar-refractivity contribution in [2.24, 2.45) is 0 Å². The molecule has 2 aromatic rings. The number of thioether (sulfide) groups is 1. The summed E-state index contributed by atoms with van der Waals surface area (Å²) in [7, 11) is 0. The summed E-state index contributed by atoms with van der Waals surface area (Å²) in [6, 6.07) is 12.0. The van der Waals surface area contributed by atoms with Crippen LogP contribution >= 0.6 is 35.8 Å². The van der Waals surface area contributed by atoms with Crippen molar-refractivity contribution in [2.75, 3.05) is 31.9 Å². The SMILES string of the molecule is Cl.O=C(CSc1cccc2cccc(Cl)c12)N1CCCNCC1. The van der Waals surface area contributed by atoms with Crippen molar-refractivity contribution >= 4 is 52.4 Å². The molecular weight excluding hydrogens is 351 g/mol. The average Bonchev–Trinajstić information content (AvgIpc) is 2.82. The van der Waals surface area contributed by atoms with Crippen LogP contribution in [0.1, 0.15) is 6.42 Å². The second kappa shape index (κ2) is 8.78. The number of halogens is 2. The van der Waals surface area contributed by atoms with Crippen molar-refractivity contribution in [3.05, 3.63) is 41.4 Å². The van der Waals surface area contributed by atoms with Crippen LogP contribution in [0, 0.1) is 0 Å². The number of amides is 1. The number of nitrogens with zero attached hydrogens (tertiary/aromatic N) is 1. The fraction of sp³-hybridized carbons (Fsp3) is 0.353. The van der Waals surface area contributed by atoms with Gasteiger partial charge in [-0.25, -0.2) is 0 Å². The van der Waals surface area contributed by atoms with Gasteiger partial charge in [0, 0.05) is 34.9 Å². The molecular formula is C17H20Cl2N2OS. The molecule has 0 atom stereocenters. The Bertz CT molecular complexity index is 667. The van der Waals surface area contributed by atoms with Crippen molar-refractivity contribution in [2.45, 2.75) is 11.3 Å². The van der Waals surface area contributed by atoms with Crippen molar-refractivity contribution < 1.29 is 4.79 Å². The van der Waals surface area contributed by atoms with Crippen molar-refractivity contribution in [3.63, 3.8) is 0 Å². The molecule has 3 rings (SSSR count). The number of nitrogens with one attached hydrogen (secondary N) is 1. The molecule has 1 N–H and O–H groups in total. The molecule has 0 aromatic heterocycles. The molecule has 0 unspecified atom stereocenters. The van der Waals surface area contributed by atoms with E-state index in [9.17, 15) is 4.79 Å². The molecule has 6 heteroatoms. The molecule has 23 heavy (non-hydrogen) atoms. The van der Waals surface area contributed by atoms with Gasteiger partial charge in [0.2, 0.25) is 5.91 Å². The highest BCUT2D eigenvalue weighted by Gasteiger charge is 2.16. The predicted octanol–water partition coefficient (Wildman–Crippen LogP) is 3.83. The summed E-state index contributed by atoms with van der Waals surface area (Å²) in [6.07, 6.45) is 1.02. The van der Waals surface area contributed by atoms with Crippen LogP contribution in [-0.2, 0) is 4.79 Å². The van der Waals surface area contributed by atoms with Gasteiger partial charge in [0.15, 0.2) is 0 Å². The summed E-state index contributed by atoms with van der Waals surface area (Å²) in [5, 5.41) is 6.22. The average molecular weight is 371 g/mol. The van der Waals surface area contributed by atoms with E-state index in [-0.39, 0.29) is 18.3 Å². The monoisotopic (exact) mass is 370 g/mol. The van der Waals surface area contributed by atoms with Gasteiger partial charge in [-0.3, -0.25) is 4.79 Å². The van der Waals surface area contributed by atoms with Gasteiger partial charge in [-0.1, -0.05) is 35.9 Å². The molecule has 0 saturated carbocycles. The molecule has 0 bridgehead atoms. The molecule has 0 aliphatic carbocycles. The largest absolute Gasteiger partial charge is 0.341 e. The predicted molar refractivity (Wildman–Crippen MR) is 101 cm³/mol. The Morgan fingerprint density at radius 3 is 2.78 bits per heavy atom. The Morgan fingerprint density at radius 1 is 1.17 bits per heavy atom. The third kappa shape index (κ3) is 4.54. The lowest BCUT2D eigenvalue weighted by Crippen LogP contribution is -2.35. The number of benzene rings is 2. The first-order valence-electron chi connectivity index (χ1n) is 7.54. The Hall–Kier alpha value is -0.940. The lowest BCUT2D eigenvalue weighted by Gasteiger charge is -2.19. The highest BCUT2D eigenvalue weighted by atomic mass is 35.5. The Labute approximate surface area is 152 Å². The van der Waals surface area contributed by atoms with E-state index in [0.29, 0.717) is 5.75 Å². The summed E-state index contributed by atoms with van der Waals surface area (Å²) in [4.78, 5) is 15.4. The first-order valence-corrected chi connectivity index (χ1v) is 8.90. The van der Waals surface area contributed by atoms with E-state index in [0.717, 1.165) is 53.3 Å². The maximum atomic E-state index is 12.4. The zero-order valence-electron chi connectivity index (χ0n) is 12.8. The van der Waals surface area contributed by atoms with Gasteiger partial charge >= 0.3 is 0 Å². The van der Waals surface area contributed by atoms with E-state index in [1.165, 1.54) is 0 Å². The quantitative estimate of drug-likeness (QED) is 0.833. The van der Waals surface area contributed by atoms with E-state index >= 15 is 0 Å². The van der Waals surface area contributed by atoms with E-state index in [1.807, 2.05) is 41.3 Å². The molecule has 0 spiro atoms. The molecule has 1 fully saturated rings. The maximum Gasteiger partial charge on any atom is 0.232 e. The van der Waals surface area contributed by atoms with Crippen molar-refractivity contribution in [1.82, 2.24) is 10.2 Å². The topological polar surface area (TPSA) is 32.3 Å². The number of carbonyl (C=O) groups excluding carboxylic acids is 1. The molecule has 0 radical (unpaired) electrons. The van der Waals surface area contributed by atoms with Crippen LogP contribution in [0.2, 0.25) is 5.02 Å². The third-order valence-electron chi connectivity index (χ3n) is 3.86. The van der Waals surface area contributed by atoms with Crippen LogP contribution in [-0.4, -0.2) is 42.7 Å². The lowest BCUT2D eigenvalue weighted by molar-refractivity contribution is -0.128.